The normalized spacial score (nSPS) is 15.9. The molecule has 0 aliphatic rings. The summed E-state index contributed by atoms with van der Waals surface area (Å²) in [6.07, 6.45) is -4.42. The van der Waals surface area contributed by atoms with Gasteiger partial charge in [-0.15, -0.1) is 0 Å². The van der Waals surface area contributed by atoms with Crippen molar-refractivity contribution in [1.29, 1.82) is 0 Å². The van der Waals surface area contributed by atoms with Crippen LogP contribution < -0.4 is 0 Å². The van der Waals surface area contributed by atoms with Crippen molar-refractivity contribution in [3.05, 3.63) is 65.2 Å². The molecular weight excluding hydrogens is 325 g/mol. The van der Waals surface area contributed by atoms with E-state index in [0.717, 1.165) is 17.7 Å². The van der Waals surface area contributed by atoms with E-state index in [0.29, 0.717) is 10.5 Å². The number of halogens is 3. The molecule has 0 heterocycles. The maximum atomic E-state index is 12.6. The maximum absolute atomic E-state index is 12.6. The van der Waals surface area contributed by atoms with Crippen molar-refractivity contribution < 1.29 is 22.5 Å². The quantitative estimate of drug-likeness (QED) is 0.911. The Morgan fingerprint density at radius 2 is 1.43 bits per heavy atom. The third-order valence-corrected chi connectivity index (χ3v) is 5.15. The Labute approximate surface area is 135 Å². The summed E-state index contributed by atoms with van der Waals surface area (Å²) in [4.78, 5) is 0.572. The van der Waals surface area contributed by atoms with Gasteiger partial charge in [-0.1, -0.05) is 29.8 Å². The van der Waals surface area contributed by atoms with Crippen molar-refractivity contribution in [1.82, 2.24) is 0 Å². The molecule has 0 amide bonds. The van der Waals surface area contributed by atoms with E-state index >= 15 is 0 Å². The zero-order valence-electron chi connectivity index (χ0n) is 12.7. The summed E-state index contributed by atoms with van der Waals surface area (Å²) in [5.41, 5.74) is -0.942. The van der Waals surface area contributed by atoms with Crippen LogP contribution in [0.4, 0.5) is 13.2 Å². The Morgan fingerprint density at radius 3 is 1.91 bits per heavy atom. The second-order valence-corrected chi connectivity index (χ2v) is 7.10. The SMILES string of the molecule is Cc1ccc(S(=O)C[C@](C)(O)c2ccc(C(F)(F)F)cc2)cc1. The number of hydrogen-bond acceptors (Lipinski definition) is 2. The molecule has 1 unspecified atom stereocenters. The number of benzene rings is 2. The van der Waals surface area contributed by atoms with E-state index in [4.69, 9.17) is 0 Å². The van der Waals surface area contributed by atoms with Crippen LogP contribution in [0.25, 0.3) is 0 Å². The van der Waals surface area contributed by atoms with Gasteiger partial charge >= 0.3 is 6.18 Å². The predicted octanol–water partition coefficient (Wildman–Crippen LogP) is 4.03. The first kappa shape index (κ1) is 17.7. The zero-order chi connectivity index (χ0) is 17.3. The van der Waals surface area contributed by atoms with E-state index in [-0.39, 0.29) is 5.75 Å². The summed E-state index contributed by atoms with van der Waals surface area (Å²) >= 11 is 0. The number of rotatable bonds is 4. The molecule has 2 rings (SSSR count). The zero-order valence-corrected chi connectivity index (χ0v) is 13.5. The summed E-state index contributed by atoms with van der Waals surface area (Å²) in [6, 6.07) is 11.3. The fourth-order valence-corrected chi connectivity index (χ4v) is 3.41. The lowest BCUT2D eigenvalue weighted by Gasteiger charge is -2.24. The maximum Gasteiger partial charge on any atom is 0.416 e. The van der Waals surface area contributed by atoms with Gasteiger partial charge in [0, 0.05) is 4.90 Å². The van der Waals surface area contributed by atoms with Crippen molar-refractivity contribution in [2.75, 3.05) is 5.75 Å². The molecule has 23 heavy (non-hydrogen) atoms. The van der Waals surface area contributed by atoms with Gasteiger partial charge in [-0.3, -0.25) is 4.21 Å². The molecular formula is C17H17F3O2S. The van der Waals surface area contributed by atoms with Crippen LogP contribution >= 0.6 is 0 Å². The minimum absolute atomic E-state index is 0.0958. The van der Waals surface area contributed by atoms with Crippen molar-refractivity contribution in [3.63, 3.8) is 0 Å². The second-order valence-electron chi connectivity index (χ2n) is 5.65. The largest absolute Gasteiger partial charge is 0.416 e. The van der Waals surface area contributed by atoms with Crippen LogP contribution in [0.3, 0.4) is 0 Å². The van der Waals surface area contributed by atoms with Crippen molar-refractivity contribution in [3.8, 4) is 0 Å². The van der Waals surface area contributed by atoms with E-state index in [9.17, 15) is 22.5 Å². The fourth-order valence-electron chi connectivity index (χ4n) is 2.13. The van der Waals surface area contributed by atoms with Gasteiger partial charge in [0.15, 0.2) is 0 Å². The third kappa shape index (κ3) is 4.42. The highest BCUT2D eigenvalue weighted by atomic mass is 32.2. The summed E-state index contributed by atoms with van der Waals surface area (Å²) in [6.45, 7) is 3.35. The van der Waals surface area contributed by atoms with Gasteiger partial charge in [0.2, 0.25) is 0 Å². The summed E-state index contributed by atoms with van der Waals surface area (Å²) in [5.74, 6) is -0.0958. The van der Waals surface area contributed by atoms with E-state index in [2.05, 4.69) is 0 Å². The molecule has 2 atom stereocenters. The molecule has 1 N–H and O–H groups in total. The van der Waals surface area contributed by atoms with Gasteiger partial charge in [0.1, 0.15) is 0 Å². The van der Waals surface area contributed by atoms with Gasteiger partial charge in [0.25, 0.3) is 0 Å². The minimum Gasteiger partial charge on any atom is -0.384 e. The first-order valence-electron chi connectivity index (χ1n) is 6.95. The van der Waals surface area contributed by atoms with Crippen molar-refractivity contribution in [2.24, 2.45) is 0 Å². The molecule has 0 fully saturated rings. The van der Waals surface area contributed by atoms with Gasteiger partial charge in [-0.05, 0) is 43.7 Å². The van der Waals surface area contributed by atoms with Crippen LogP contribution in [-0.4, -0.2) is 15.1 Å². The Kier molecular flexibility index (Phi) is 4.96. The Hall–Kier alpha value is -1.66. The van der Waals surface area contributed by atoms with Crippen molar-refractivity contribution in [2.45, 2.75) is 30.5 Å². The van der Waals surface area contributed by atoms with E-state index in [1.165, 1.54) is 19.1 Å². The van der Waals surface area contributed by atoms with Crippen molar-refractivity contribution >= 4 is 10.8 Å². The van der Waals surface area contributed by atoms with E-state index in [1.54, 1.807) is 12.1 Å². The average molecular weight is 342 g/mol. The lowest BCUT2D eigenvalue weighted by Crippen LogP contribution is -2.29. The highest BCUT2D eigenvalue weighted by Gasteiger charge is 2.32. The predicted molar refractivity (Wildman–Crippen MR) is 83.5 cm³/mol. The highest BCUT2D eigenvalue weighted by molar-refractivity contribution is 7.85. The Balaban J connectivity index is 2.17. The molecule has 0 spiro atoms. The van der Waals surface area contributed by atoms with Crippen LogP contribution in [0, 0.1) is 6.92 Å². The number of aryl methyl sites for hydroxylation is 1. The molecule has 0 saturated heterocycles. The Bertz CT molecular complexity index is 689. The molecule has 2 nitrogen and oxygen atoms in total. The molecule has 0 aliphatic carbocycles. The van der Waals surface area contributed by atoms with Crippen LogP contribution in [0.2, 0.25) is 0 Å². The number of alkyl halides is 3. The first-order chi connectivity index (χ1) is 10.6. The smallest absolute Gasteiger partial charge is 0.384 e. The first-order valence-corrected chi connectivity index (χ1v) is 8.27. The molecule has 6 heteroatoms. The molecule has 0 bridgehead atoms. The van der Waals surface area contributed by atoms with Crippen LogP contribution in [0.15, 0.2) is 53.4 Å². The van der Waals surface area contributed by atoms with Gasteiger partial charge in [-0.2, -0.15) is 13.2 Å². The van der Waals surface area contributed by atoms with Gasteiger partial charge in [-0.25, -0.2) is 0 Å². The summed E-state index contributed by atoms with van der Waals surface area (Å²) in [5, 5.41) is 10.5. The fraction of sp³-hybridized carbons (Fsp3) is 0.294. The molecule has 0 aliphatic heterocycles. The number of aliphatic hydroxyl groups is 1. The van der Waals surface area contributed by atoms with Crippen LogP contribution in [0.1, 0.15) is 23.6 Å². The van der Waals surface area contributed by atoms with Gasteiger partial charge < -0.3 is 5.11 Å². The minimum atomic E-state index is -4.42. The van der Waals surface area contributed by atoms with E-state index in [1.807, 2.05) is 19.1 Å². The van der Waals surface area contributed by atoms with E-state index < -0.39 is 28.1 Å². The van der Waals surface area contributed by atoms with Crippen LogP contribution in [0.5, 0.6) is 0 Å². The molecule has 0 aromatic heterocycles. The monoisotopic (exact) mass is 342 g/mol. The summed E-state index contributed by atoms with van der Waals surface area (Å²) in [7, 11) is -1.46. The summed E-state index contributed by atoms with van der Waals surface area (Å²) < 4.78 is 50.0. The molecule has 2 aromatic carbocycles. The average Bonchev–Trinajstić information content (AvgIpc) is 2.46. The molecule has 124 valence electrons. The standard InChI is InChI=1S/C17H17F3O2S/c1-12-3-9-15(10-4-12)23(22)11-16(2,21)13-5-7-14(8-6-13)17(18,19)20/h3-10,21H,11H2,1-2H3/t16-,23?/m0/s1. The highest BCUT2D eigenvalue weighted by Crippen LogP contribution is 2.31. The molecule has 2 aromatic rings. The molecule has 0 saturated carbocycles. The third-order valence-electron chi connectivity index (χ3n) is 3.53. The van der Waals surface area contributed by atoms with Gasteiger partial charge in [0.05, 0.1) is 27.7 Å². The second kappa shape index (κ2) is 6.45. The van der Waals surface area contributed by atoms with Crippen LogP contribution in [-0.2, 0) is 22.6 Å². The lowest BCUT2D eigenvalue weighted by molar-refractivity contribution is -0.137. The number of hydrogen-bond donors (Lipinski definition) is 1. The molecule has 0 radical (unpaired) electrons. The topological polar surface area (TPSA) is 37.3 Å². The Morgan fingerprint density at radius 1 is 0.957 bits per heavy atom. The lowest BCUT2D eigenvalue weighted by atomic mass is 9.97.